The van der Waals surface area contributed by atoms with Gasteiger partial charge in [0.2, 0.25) is 0 Å². The predicted octanol–water partition coefficient (Wildman–Crippen LogP) is 2.60. The predicted molar refractivity (Wildman–Crippen MR) is 84.8 cm³/mol. The maximum Gasteiger partial charge on any atom is 0.261 e. The van der Waals surface area contributed by atoms with Gasteiger partial charge in [0, 0.05) is 19.1 Å². The van der Waals surface area contributed by atoms with Gasteiger partial charge in [-0.3, -0.25) is 9.48 Å². The van der Waals surface area contributed by atoms with Gasteiger partial charge < -0.3 is 9.64 Å². The Morgan fingerprint density at radius 1 is 1.32 bits per heavy atom. The average Bonchev–Trinajstić information content (AvgIpc) is 2.93. The molecule has 3 atom stereocenters. The third-order valence-electron chi connectivity index (χ3n) is 5.42. The van der Waals surface area contributed by atoms with Crippen LogP contribution in [0, 0.1) is 19.8 Å². The Bertz CT molecular complexity index is 566. The van der Waals surface area contributed by atoms with Gasteiger partial charge in [-0.25, -0.2) is 0 Å². The minimum atomic E-state index is 0.126. The van der Waals surface area contributed by atoms with Crippen molar-refractivity contribution in [2.45, 2.75) is 65.0 Å². The summed E-state index contributed by atoms with van der Waals surface area (Å²) in [6.07, 6.45) is 6.16. The quantitative estimate of drug-likeness (QED) is 0.862. The molecule has 1 saturated heterocycles. The number of aromatic nitrogens is 2. The third-order valence-corrected chi connectivity index (χ3v) is 5.42. The van der Waals surface area contributed by atoms with Gasteiger partial charge in [-0.1, -0.05) is 12.8 Å². The normalized spacial score (nSPS) is 27.8. The van der Waals surface area contributed by atoms with Crippen molar-refractivity contribution in [3.8, 4) is 5.75 Å². The van der Waals surface area contributed by atoms with Crippen LogP contribution in [0.3, 0.4) is 0 Å². The topological polar surface area (TPSA) is 47.4 Å². The Balaban J connectivity index is 1.66. The van der Waals surface area contributed by atoms with Crippen molar-refractivity contribution in [3.05, 3.63) is 11.4 Å². The van der Waals surface area contributed by atoms with Gasteiger partial charge >= 0.3 is 0 Å². The van der Waals surface area contributed by atoms with Crippen molar-refractivity contribution < 1.29 is 9.53 Å². The molecule has 0 radical (unpaired) electrons. The van der Waals surface area contributed by atoms with E-state index in [4.69, 9.17) is 4.74 Å². The number of likely N-dealkylation sites (tertiary alicyclic amines) is 1. The van der Waals surface area contributed by atoms with E-state index in [9.17, 15) is 4.79 Å². The first kappa shape index (κ1) is 15.4. The fourth-order valence-corrected chi connectivity index (χ4v) is 4.31. The van der Waals surface area contributed by atoms with Crippen LogP contribution in [0.5, 0.6) is 5.75 Å². The second kappa shape index (κ2) is 5.94. The Hall–Kier alpha value is -1.52. The summed E-state index contributed by atoms with van der Waals surface area (Å²) < 4.78 is 7.61. The number of carbonyl (C=O) groups is 1. The van der Waals surface area contributed by atoms with E-state index in [2.05, 4.69) is 16.9 Å². The number of hydrogen-bond donors (Lipinski definition) is 0. The Kier molecular flexibility index (Phi) is 4.15. The molecule has 22 heavy (non-hydrogen) atoms. The van der Waals surface area contributed by atoms with E-state index in [1.54, 1.807) is 4.68 Å². The molecule has 1 amide bonds. The molecule has 5 nitrogen and oxygen atoms in total. The summed E-state index contributed by atoms with van der Waals surface area (Å²) in [5, 5.41) is 4.33. The van der Waals surface area contributed by atoms with Crippen LogP contribution in [0.15, 0.2) is 0 Å². The minimum Gasteiger partial charge on any atom is -0.480 e. The van der Waals surface area contributed by atoms with Gasteiger partial charge in [0.1, 0.15) is 5.69 Å². The molecule has 1 saturated carbocycles. The molecule has 0 bridgehead atoms. The highest BCUT2D eigenvalue weighted by atomic mass is 16.5. The lowest BCUT2D eigenvalue weighted by atomic mass is 9.85. The van der Waals surface area contributed by atoms with Gasteiger partial charge in [0.05, 0.1) is 5.69 Å². The summed E-state index contributed by atoms with van der Waals surface area (Å²) in [5.74, 6) is 1.59. The summed E-state index contributed by atoms with van der Waals surface area (Å²) in [6, 6.07) is 0.788. The zero-order chi connectivity index (χ0) is 15.9. The van der Waals surface area contributed by atoms with Gasteiger partial charge in [-0.15, -0.1) is 0 Å². The number of aryl methyl sites for hydroxylation is 2. The van der Waals surface area contributed by atoms with Gasteiger partial charge in [-0.05, 0) is 46.0 Å². The molecule has 122 valence electrons. The summed E-state index contributed by atoms with van der Waals surface area (Å²) in [7, 11) is 1.90. The van der Waals surface area contributed by atoms with Crippen molar-refractivity contribution in [1.29, 1.82) is 0 Å². The second-order valence-electron chi connectivity index (χ2n) is 6.91. The summed E-state index contributed by atoms with van der Waals surface area (Å²) in [4.78, 5) is 14.8. The molecule has 2 fully saturated rings. The molecule has 0 aromatic carbocycles. The van der Waals surface area contributed by atoms with Crippen LogP contribution in [0.4, 0.5) is 0 Å². The highest BCUT2D eigenvalue weighted by molar-refractivity contribution is 5.79. The standard InChI is InChI=1S/C17H27N3O2/c1-11-9-14-7-5-6-8-15(14)20(11)16(21)10-22-17-12(2)18-19(4)13(17)3/h11,14-15H,5-10H2,1-4H3/t11-,14+,15+/m1/s1. The van der Waals surface area contributed by atoms with Crippen LogP contribution in [0.25, 0.3) is 0 Å². The molecule has 2 heterocycles. The number of carbonyl (C=O) groups excluding carboxylic acids is 1. The van der Waals surface area contributed by atoms with Gasteiger partial charge in [0.15, 0.2) is 12.4 Å². The van der Waals surface area contributed by atoms with E-state index >= 15 is 0 Å². The fourth-order valence-electron chi connectivity index (χ4n) is 4.31. The monoisotopic (exact) mass is 305 g/mol. The number of fused-ring (bicyclic) bond motifs is 1. The van der Waals surface area contributed by atoms with Crippen LogP contribution < -0.4 is 4.74 Å². The van der Waals surface area contributed by atoms with E-state index in [1.807, 2.05) is 20.9 Å². The van der Waals surface area contributed by atoms with Crippen LogP contribution >= 0.6 is 0 Å². The number of ether oxygens (including phenoxy) is 1. The summed E-state index contributed by atoms with van der Waals surface area (Å²) in [6.45, 7) is 6.19. The zero-order valence-corrected chi connectivity index (χ0v) is 14.1. The van der Waals surface area contributed by atoms with Crippen LogP contribution in [0.1, 0.15) is 50.4 Å². The Morgan fingerprint density at radius 2 is 2.05 bits per heavy atom. The van der Waals surface area contributed by atoms with Crippen molar-refractivity contribution in [2.75, 3.05) is 6.61 Å². The average molecular weight is 305 g/mol. The first-order chi connectivity index (χ1) is 10.5. The highest BCUT2D eigenvalue weighted by Crippen LogP contribution is 2.39. The molecule has 2 aliphatic rings. The number of hydrogen-bond acceptors (Lipinski definition) is 3. The van der Waals surface area contributed by atoms with E-state index in [0.717, 1.165) is 30.0 Å². The number of nitrogens with zero attached hydrogens (tertiary/aromatic N) is 3. The van der Waals surface area contributed by atoms with Crippen molar-refractivity contribution in [2.24, 2.45) is 13.0 Å². The second-order valence-corrected chi connectivity index (χ2v) is 6.91. The lowest BCUT2D eigenvalue weighted by Gasteiger charge is -2.33. The molecule has 3 rings (SSSR count). The molecule has 1 aromatic heterocycles. The van der Waals surface area contributed by atoms with Crippen molar-refractivity contribution >= 4 is 5.91 Å². The number of rotatable bonds is 3. The van der Waals surface area contributed by atoms with E-state index in [0.29, 0.717) is 18.0 Å². The maximum atomic E-state index is 12.7. The smallest absolute Gasteiger partial charge is 0.261 e. The van der Waals surface area contributed by atoms with Crippen molar-refractivity contribution in [1.82, 2.24) is 14.7 Å². The van der Waals surface area contributed by atoms with Crippen LogP contribution in [-0.2, 0) is 11.8 Å². The molecule has 1 aliphatic heterocycles. The molecule has 0 spiro atoms. The summed E-state index contributed by atoms with van der Waals surface area (Å²) in [5.41, 5.74) is 1.81. The Morgan fingerprint density at radius 3 is 2.73 bits per heavy atom. The first-order valence-corrected chi connectivity index (χ1v) is 8.43. The van der Waals surface area contributed by atoms with Gasteiger partial charge in [-0.2, -0.15) is 5.10 Å². The van der Waals surface area contributed by atoms with E-state index in [-0.39, 0.29) is 12.5 Å². The molecular formula is C17H27N3O2. The van der Waals surface area contributed by atoms with Gasteiger partial charge in [0.25, 0.3) is 5.91 Å². The fraction of sp³-hybridized carbons (Fsp3) is 0.765. The molecule has 1 aromatic rings. The molecule has 1 aliphatic carbocycles. The zero-order valence-electron chi connectivity index (χ0n) is 14.1. The molecule has 5 heteroatoms. The van der Waals surface area contributed by atoms with Crippen LogP contribution in [-0.4, -0.2) is 39.3 Å². The molecule has 0 unspecified atom stereocenters. The third kappa shape index (κ3) is 2.61. The van der Waals surface area contributed by atoms with E-state index in [1.165, 1.54) is 19.3 Å². The molecular weight excluding hydrogens is 278 g/mol. The summed E-state index contributed by atoms with van der Waals surface area (Å²) >= 11 is 0. The largest absolute Gasteiger partial charge is 0.480 e. The number of amides is 1. The molecule has 0 N–H and O–H groups in total. The maximum absolute atomic E-state index is 12.7. The highest BCUT2D eigenvalue weighted by Gasteiger charge is 2.42. The lowest BCUT2D eigenvalue weighted by molar-refractivity contribution is -0.136. The first-order valence-electron chi connectivity index (χ1n) is 8.43. The van der Waals surface area contributed by atoms with E-state index < -0.39 is 0 Å². The van der Waals surface area contributed by atoms with Crippen LogP contribution in [0.2, 0.25) is 0 Å². The Labute approximate surface area is 132 Å². The minimum absolute atomic E-state index is 0.126. The van der Waals surface area contributed by atoms with Crippen molar-refractivity contribution in [3.63, 3.8) is 0 Å². The lowest BCUT2D eigenvalue weighted by Crippen LogP contribution is -2.44. The SMILES string of the molecule is Cc1nn(C)c(C)c1OCC(=O)N1[C@H](C)C[C@@H]2CCCC[C@@H]21.